The van der Waals surface area contributed by atoms with Gasteiger partial charge in [0.1, 0.15) is 5.70 Å². The fourth-order valence-electron chi connectivity index (χ4n) is 3.84. The van der Waals surface area contributed by atoms with Crippen molar-refractivity contribution in [1.82, 2.24) is 14.7 Å². The van der Waals surface area contributed by atoms with E-state index in [4.69, 9.17) is 5.11 Å². The Kier molecular flexibility index (Phi) is 5.10. The molecular weight excluding hydrogens is 401 g/mol. The molecule has 2 N–H and O–H groups in total. The highest BCUT2D eigenvalue weighted by atomic mass is 19.4. The van der Waals surface area contributed by atoms with Crippen LogP contribution in [0.15, 0.2) is 36.0 Å². The highest BCUT2D eigenvalue weighted by molar-refractivity contribution is 6.17. The van der Waals surface area contributed by atoms with Crippen LogP contribution in [0.25, 0.3) is 5.69 Å². The van der Waals surface area contributed by atoms with E-state index in [-0.39, 0.29) is 24.4 Å². The van der Waals surface area contributed by atoms with Gasteiger partial charge in [-0.25, -0.2) is 4.68 Å². The largest absolute Gasteiger partial charge is 0.435 e. The first-order chi connectivity index (χ1) is 14.3. The lowest BCUT2D eigenvalue weighted by Crippen LogP contribution is -2.34. The van der Waals surface area contributed by atoms with E-state index < -0.39 is 23.7 Å². The van der Waals surface area contributed by atoms with Crippen LogP contribution in [0.4, 0.5) is 18.9 Å². The number of carbonyl (C=O) groups is 2. The van der Waals surface area contributed by atoms with Crippen LogP contribution in [0.5, 0.6) is 0 Å². The molecule has 0 saturated carbocycles. The highest BCUT2D eigenvalue weighted by Crippen LogP contribution is 2.38. The van der Waals surface area contributed by atoms with Crippen molar-refractivity contribution in [3.8, 4) is 5.69 Å². The number of hydrogen-bond acceptors (Lipinski definition) is 5. The fourth-order valence-corrected chi connectivity index (χ4v) is 3.84. The number of benzene rings is 1. The van der Waals surface area contributed by atoms with Gasteiger partial charge in [-0.3, -0.25) is 14.5 Å². The molecule has 4 rings (SSSR count). The van der Waals surface area contributed by atoms with Crippen molar-refractivity contribution < 1.29 is 27.9 Å². The number of aromatic nitrogens is 2. The second-order valence-electron chi connectivity index (χ2n) is 7.11. The van der Waals surface area contributed by atoms with Crippen LogP contribution in [0, 0.1) is 0 Å². The first kappa shape index (κ1) is 20.1. The molecule has 2 aliphatic rings. The molecule has 0 unspecified atom stereocenters. The molecule has 10 heteroatoms. The van der Waals surface area contributed by atoms with Crippen LogP contribution in [-0.2, 0) is 28.6 Å². The number of para-hydroxylation sites is 2. The number of imide groups is 1. The van der Waals surface area contributed by atoms with Crippen LogP contribution in [-0.4, -0.2) is 44.8 Å². The number of β-amino-alcohol motifs (C(OH)–C–C–N with tert-alkyl or cyclic N) is 1. The number of nitrogens with one attached hydrogen (secondary N) is 1. The Bertz CT molecular complexity index is 1040. The summed E-state index contributed by atoms with van der Waals surface area (Å²) in [6.45, 7) is -0.503. The molecule has 7 nitrogen and oxygen atoms in total. The van der Waals surface area contributed by atoms with Gasteiger partial charge in [0.25, 0.3) is 11.8 Å². The second-order valence-corrected chi connectivity index (χ2v) is 7.11. The normalized spacial score (nSPS) is 16.7. The van der Waals surface area contributed by atoms with Crippen molar-refractivity contribution in [2.75, 3.05) is 18.5 Å². The van der Waals surface area contributed by atoms with Crippen molar-refractivity contribution in [1.29, 1.82) is 0 Å². The SMILES string of the molecule is O=C1C=C(Nc2ccccc2-n2nc(C(F)(F)F)c3c2CCCC3)C(=O)N1CCO. The number of nitrogens with zero attached hydrogens (tertiary/aromatic N) is 3. The Labute approximate surface area is 169 Å². The Morgan fingerprint density at radius 1 is 1.13 bits per heavy atom. The molecule has 1 aliphatic carbocycles. The number of carbonyl (C=O) groups excluding carboxylic acids is 2. The van der Waals surface area contributed by atoms with E-state index in [9.17, 15) is 22.8 Å². The van der Waals surface area contributed by atoms with Gasteiger partial charge in [0.15, 0.2) is 5.69 Å². The van der Waals surface area contributed by atoms with E-state index in [1.165, 1.54) is 4.68 Å². The minimum absolute atomic E-state index is 0.0158. The lowest BCUT2D eigenvalue weighted by atomic mass is 9.95. The average Bonchev–Trinajstić information content (AvgIpc) is 3.22. The van der Waals surface area contributed by atoms with Gasteiger partial charge in [0, 0.05) is 17.3 Å². The fraction of sp³-hybridized carbons (Fsp3) is 0.350. The molecule has 0 fully saturated rings. The van der Waals surface area contributed by atoms with Gasteiger partial charge in [-0.05, 0) is 37.8 Å². The summed E-state index contributed by atoms with van der Waals surface area (Å²) in [4.78, 5) is 25.3. The molecule has 2 heterocycles. The highest BCUT2D eigenvalue weighted by Gasteiger charge is 2.40. The molecule has 1 aliphatic heterocycles. The Balaban J connectivity index is 1.74. The van der Waals surface area contributed by atoms with Crippen LogP contribution < -0.4 is 5.32 Å². The number of fused-ring (bicyclic) bond motifs is 1. The van der Waals surface area contributed by atoms with Gasteiger partial charge < -0.3 is 10.4 Å². The van der Waals surface area contributed by atoms with Crippen molar-refractivity contribution >= 4 is 17.5 Å². The summed E-state index contributed by atoms with van der Waals surface area (Å²) in [7, 11) is 0. The molecule has 0 atom stereocenters. The number of rotatable bonds is 5. The number of alkyl halides is 3. The van der Waals surface area contributed by atoms with Gasteiger partial charge in [-0.1, -0.05) is 12.1 Å². The maximum absolute atomic E-state index is 13.5. The summed E-state index contributed by atoms with van der Waals surface area (Å²) in [6, 6.07) is 6.54. The first-order valence-corrected chi connectivity index (χ1v) is 9.54. The zero-order valence-electron chi connectivity index (χ0n) is 15.9. The molecule has 0 saturated heterocycles. The smallest absolute Gasteiger partial charge is 0.395 e. The molecule has 2 amide bonds. The maximum Gasteiger partial charge on any atom is 0.435 e. The van der Waals surface area contributed by atoms with E-state index in [1.807, 2.05) is 0 Å². The molecule has 1 aromatic carbocycles. The topological polar surface area (TPSA) is 87.5 Å². The van der Waals surface area contributed by atoms with E-state index in [2.05, 4.69) is 10.4 Å². The number of amides is 2. The van der Waals surface area contributed by atoms with E-state index in [0.29, 0.717) is 36.3 Å². The Hall–Kier alpha value is -3.14. The molecule has 30 heavy (non-hydrogen) atoms. The number of halogens is 3. The summed E-state index contributed by atoms with van der Waals surface area (Å²) < 4.78 is 41.9. The summed E-state index contributed by atoms with van der Waals surface area (Å²) in [6.07, 6.45) is -1.23. The van der Waals surface area contributed by atoms with Crippen LogP contribution in [0.3, 0.4) is 0 Å². The first-order valence-electron chi connectivity index (χ1n) is 9.54. The van der Waals surface area contributed by atoms with E-state index in [1.54, 1.807) is 24.3 Å². The summed E-state index contributed by atoms with van der Waals surface area (Å²) in [5, 5.41) is 15.8. The third kappa shape index (κ3) is 3.47. The van der Waals surface area contributed by atoms with Crippen LogP contribution in [0.1, 0.15) is 29.8 Å². The third-order valence-electron chi connectivity index (χ3n) is 5.18. The van der Waals surface area contributed by atoms with Gasteiger partial charge in [-0.2, -0.15) is 18.3 Å². The number of hydrogen-bond donors (Lipinski definition) is 2. The van der Waals surface area contributed by atoms with Crippen molar-refractivity contribution in [3.63, 3.8) is 0 Å². The minimum atomic E-state index is -4.56. The molecule has 0 bridgehead atoms. The second kappa shape index (κ2) is 7.60. The Morgan fingerprint density at radius 3 is 2.60 bits per heavy atom. The number of aliphatic hydroxyl groups is 1. The van der Waals surface area contributed by atoms with Crippen molar-refractivity contribution in [2.45, 2.75) is 31.9 Å². The van der Waals surface area contributed by atoms with Crippen LogP contribution in [0.2, 0.25) is 0 Å². The monoisotopic (exact) mass is 420 g/mol. The third-order valence-corrected chi connectivity index (χ3v) is 5.18. The number of anilines is 1. The van der Waals surface area contributed by atoms with Gasteiger partial charge in [0.05, 0.1) is 24.5 Å². The molecule has 2 aromatic rings. The van der Waals surface area contributed by atoms with E-state index >= 15 is 0 Å². The lowest BCUT2D eigenvalue weighted by molar-refractivity contribution is -0.142. The molecule has 0 spiro atoms. The Morgan fingerprint density at radius 2 is 1.87 bits per heavy atom. The van der Waals surface area contributed by atoms with Gasteiger partial charge in [0.2, 0.25) is 0 Å². The standard InChI is InChI=1S/C20H19F3N4O3/c21-20(22,23)18-12-5-1-3-7-15(12)27(25-18)16-8-4-2-6-13(16)24-14-11-17(29)26(9-10-28)19(14)30/h2,4,6,8,11,24,28H,1,3,5,7,9-10H2. The molecule has 0 radical (unpaired) electrons. The maximum atomic E-state index is 13.5. The summed E-state index contributed by atoms with van der Waals surface area (Å²) in [5.41, 5.74) is 0.523. The predicted molar refractivity (Wildman–Crippen MR) is 101 cm³/mol. The molecule has 158 valence electrons. The molecular formula is C20H19F3N4O3. The van der Waals surface area contributed by atoms with E-state index in [0.717, 1.165) is 17.4 Å². The van der Waals surface area contributed by atoms with Gasteiger partial charge >= 0.3 is 6.18 Å². The lowest BCUT2D eigenvalue weighted by Gasteiger charge is -2.18. The summed E-state index contributed by atoms with van der Waals surface area (Å²) >= 11 is 0. The average molecular weight is 420 g/mol. The predicted octanol–water partition coefficient (Wildman–Crippen LogP) is 2.43. The quantitative estimate of drug-likeness (QED) is 0.726. The van der Waals surface area contributed by atoms with Crippen LogP contribution >= 0.6 is 0 Å². The number of aliphatic hydroxyl groups excluding tert-OH is 1. The zero-order valence-corrected chi connectivity index (χ0v) is 15.9. The van der Waals surface area contributed by atoms with Gasteiger partial charge in [-0.15, -0.1) is 0 Å². The van der Waals surface area contributed by atoms with Crippen molar-refractivity contribution in [3.05, 3.63) is 53.0 Å². The molecule has 1 aromatic heterocycles. The summed E-state index contributed by atoms with van der Waals surface area (Å²) in [5.74, 6) is -1.17. The zero-order chi connectivity index (χ0) is 21.5. The minimum Gasteiger partial charge on any atom is -0.395 e. The van der Waals surface area contributed by atoms with Crippen molar-refractivity contribution in [2.24, 2.45) is 0 Å².